The molecule has 0 unspecified atom stereocenters. The average molecular weight is 200 g/mol. The van der Waals surface area contributed by atoms with Crippen LogP contribution in [0.1, 0.15) is 24.5 Å². The zero-order chi connectivity index (χ0) is 10.3. The molecule has 0 spiro atoms. The molecule has 1 aliphatic rings. The second-order valence-corrected chi connectivity index (χ2v) is 3.90. The molecule has 0 aliphatic carbocycles. The van der Waals surface area contributed by atoms with E-state index in [1.54, 1.807) is 0 Å². The van der Waals surface area contributed by atoms with Gasteiger partial charge in [-0.15, -0.1) is 5.10 Å². The molecule has 0 saturated heterocycles. The van der Waals surface area contributed by atoms with Gasteiger partial charge in [0.05, 0.1) is 6.54 Å². The number of rotatable bonds is 2. The molecule has 0 bridgehead atoms. The Morgan fingerprint density at radius 1 is 1.40 bits per heavy atom. The van der Waals surface area contributed by atoms with E-state index in [1.807, 2.05) is 4.68 Å². The minimum atomic E-state index is 0.810. The predicted octanol–water partition coefficient (Wildman–Crippen LogP) is 1.65. The van der Waals surface area contributed by atoms with Crippen LogP contribution in [0.3, 0.4) is 0 Å². The summed E-state index contributed by atoms with van der Waals surface area (Å²) in [7, 11) is 0. The predicted molar refractivity (Wildman–Crippen MR) is 56.4 cm³/mol. The third-order valence-corrected chi connectivity index (χ3v) is 2.81. The molecule has 0 fully saturated rings. The Morgan fingerprint density at radius 3 is 3.20 bits per heavy atom. The maximum atomic E-state index is 4.04. The Hall–Kier alpha value is -1.71. The van der Waals surface area contributed by atoms with E-state index >= 15 is 0 Å². The van der Waals surface area contributed by atoms with Crippen LogP contribution in [0, 0.1) is 0 Å². The summed E-state index contributed by atoms with van der Waals surface area (Å²) >= 11 is 0. The Balaban J connectivity index is 2.10. The van der Waals surface area contributed by atoms with Crippen LogP contribution in [0.15, 0.2) is 18.2 Å². The van der Waals surface area contributed by atoms with Crippen LogP contribution >= 0.6 is 0 Å². The average Bonchev–Trinajstić information content (AvgIpc) is 2.78. The number of fused-ring (bicyclic) bond motifs is 3. The number of hydrogen-bond donors (Lipinski definition) is 0. The van der Waals surface area contributed by atoms with Gasteiger partial charge in [0.25, 0.3) is 0 Å². The van der Waals surface area contributed by atoms with Gasteiger partial charge < -0.3 is 0 Å². The fourth-order valence-corrected chi connectivity index (χ4v) is 2.08. The smallest absolute Gasteiger partial charge is 0.182 e. The first-order valence-corrected chi connectivity index (χ1v) is 5.27. The van der Waals surface area contributed by atoms with Gasteiger partial charge in [0.15, 0.2) is 5.82 Å². The molecule has 0 amide bonds. The van der Waals surface area contributed by atoms with Gasteiger partial charge in [0, 0.05) is 5.56 Å². The summed E-state index contributed by atoms with van der Waals surface area (Å²) < 4.78 is 1.85. The highest BCUT2D eigenvalue weighted by molar-refractivity contribution is 5.64. The maximum Gasteiger partial charge on any atom is 0.182 e. The minimum absolute atomic E-state index is 0.810. The molecular formula is C11H12N4. The lowest BCUT2D eigenvalue weighted by molar-refractivity contribution is 0.670. The largest absolute Gasteiger partial charge is 0.221 e. The molecule has 2 heterocycles. The first kappa shape index (κ1) is 8.59. The summed E-state index contributed by atoms with van der Waals surface area (Å²) in [5.41, 5.74) is 3.87. The van der Waals surface area contributed by atoms with Crippen LogP contribution in [0.2, 0.25) is 0 Å². The number of benzene rings is 1. The van der Waals surface area contributed by atoms with Crippen LogP contribution < -0.4 is 0 Å². The van der Waals surface area contributed by atoms with Gasteiger partial charge in [-0.3, -0.25) is 0 Å². The van der Waals surface area contributed by atoms with Crippen molar-refractivity contribution in [3.05, 3.63) is 29.3 Å². The normalized spacial score (nSPS) is 12.6. The topological polar surface area (TPSA) is 43.6 Å². The maximum absolute atomic E-state index is 4.04. The molecule has 0 atom stereocenters. The summed E-state index contributed by atoms with van der Waals surface area (Å²) in [5.74, 6) is 0.906. The van der Waals surface area contributed by atoms with E-state index < -0.39 is 0 Å². The molecular weight excluding hydrogens is 188 g/mol. The van der Waals surface area contributed by atoms with Gasteiger partial charge in [0.2, 0.25) is 0 Å². The highest BCUT2D eigenvalue weighted by Crippen LogP contribution is 2.29. The zero-order valence-electron chi connectivity index (χ0n) is 8.64. The van der Waals surface area contributed by atoms with Crippen molar-refractivity contribution < 1.29 is 0 Å². The number of nitrogens with zero attached hydrogens (tertiary/aromatic N) is 4. The van der Waals surface area contributed by atoms with Crippen LogP contribution in [0.25, 0.3) is 11.4 Å². The quantitative estimate of drug-likeness (QED) is 0.631. The molecule has 1 aliphatic heterocycles. The number of tetrazole rings is 1. The van der Waals surface area contributed by atoms with Gasteiger partial charge >= 0.3 is 0 Å². The van der Waals surface area contributed by atoms with Gasteiger partial charge in [-0.2, -0.15) is 0 Å². The van der Waals surface area contributed by atoms with Crippen molar-refractivity contribution in [2.75, 3.05) is 0 Å². The molecule has 0 radical (unpaired) electrons. The van der Waals surface area contributed by atoms with Crippen molar-refractivity contribution in [3.63, 3.8) is 0 Å². The summed E-state index contributed by atoms with van der Waals surface area (Å²) in [6.07, 6.45) is 2.29. The zero-order valence-corrected chi connectivity index (χ0v) is 8.64. The van der Waals surface area contributed by atoms with Crippen LogP contribution in [-0.2, 0) is 13.0 Å². The van der Waals surface area contributed by atoms with E-state index in [0.717, 1.165) is 18.8 Å². The van der Waals surface area contributed by atoms with Gasteiger partial charge in [-0.05, 0) is 34.0 Å². The van der Waals surface area contributed by atoms with Crippen LogP contribution in [-0.4, -0.2) is 20.2 Å². The minimum Gasteiger partial charge on any atom is -0.221 e. The molecule has 4 heteroatoms. The Morgan fingerprint density at radius 2 is 2.33 bits per heavy atom. The molecule has 76 valence electrons. The molecule has 3 rings (SSSR count). The van der Waals surface area contributed by atoms with E-state index in [4.69, 9.17) is 0 Å². The lowest BCUT2D eigenvalue weighted by Crippen LogP contribution is -1.95. The SMILES string of the molecule is CCCc1ccc2c(c1)-c1nnnn1C2. The van der Waals surface area contributed by atoms with E-state index in [2.05, 4.69) is 40.6 Å². The molecule has 2 aromatic rings. The van der Waals surface area contributed by atoms with Crippen molar-refractivity contribution in [1.29, 1.82) is 0 Å². The summed E-state index contributed by atoms with van der Waals surface area (Å²) in [4.78, 5) is 0. The van der Waals surface area contributed by atoms with Crippen molar-refractivity contribution in [1.82, 2.24) is 20.2 Å². The fraction of sp³-hybridized carbons (Fsp3) is 0.364. The first-order chi connectivity index (χ1) is 7.38. The van der Waals surface area contributed by atoms with Gasteiger partial charge in [0.1, 0.15) is 0 Å². The summed E-state index contributed by atoms with van der Waals surface area (Å²) in [6, 6.07) is 6.59. The highest BCUT2D eigenvalue weighted by Gasteiger charge is 2.20. The number of aryl methyl sites for hydroxylation is 1. The third-order valence-electron chi connectivity index (χ3n) is 2.81. The van der Waals surface area contributed by atoms with E-state index in [0.29, 0.717) is 0 Å². The van der Waals surface area contributed by atoms with Crippen LogP contribution in [0.5, 0.6) is 0 Å². The van der Waals surface area contributed by atoms with Crippen molar-refractivity contribution >= 4 is 0 Å². The highest BCUT2D eigenvalue weighted by atomic mass is 15.5. The monoisotopic (exact) mass is 200 g/mol. The van der Waals surface area contributed by atoms with Crippen molar-refractivity contribution in [2.24, 2.45) is 0 Å². The standard InChI is InChI=1S/C11H12N4/c1-2-3-8-4-5-9-7-15-11(10(9)6-8)12-13-14-15/h4-6H,2-3,7H2,1H3. The Kier molecular flexibility index (Phi) is 1.80. The van der Waals surface area contributed by atoms with Gasteiger partial charge in [-0.25, -0.2) is 4.68 Å². The molecule has 0 N–H and O–H groups in total. The number of aromatic nitrogens is 4. The first-order valence-electron chi connectivity index (χ1n) is 5.27. The van der Waals surface area contributed by atoms with E-state index in [9.17, 15) is 0 Å². The second-order valence-electron chi connectivity index (χ2n) is 3.90. The van der Waals surface area contributed by atoms with E-state index in [1.165, 1.54) is 23.1 Å². The van der Waals surface area contributed by atoms with Crippen molar-refractivity contribution in [3.8, 4) is 11.4 Å². The summed E-state index contributed by atoms with van der Waals surface area (Å²) in [6.45, 7) is 3.00. The second kappa shape index (κ2) is 3.15. The Labute approximate surface area is 87.9 Å². The fourth-order valence-electron chi connectivity index (χ4n) is 2.08. The lowest BCUT2D eigenvalue weighted by atomic mass is 10.0. The number of hydrogen-bond acceptors (Lipinski definition) is 3. The summed E-state index contributed by atoms with van der Waals surface area (Å²) in [5, 5.41) is 11.7. The molecule has 1 aromatic carbocycles. The van der Waals surface area contributed by atoms with Crippen LogP contribution in [0.4, 0.5) is 0 Å². The van der Waals surface area contributed by atoms with E-state index in [-0.39, 0.29) is 0 Å². The molecule has 4 nitrogen and oxygen atoms in total. The van der Waals surface area contributed by atoms with Crippen molar-refractivity contribution in [2.45, 2.75) is 26.3 Å². The molecule has 15 heavy (non-hydrogen) atoms. The van der Waals surface area contributed by atoms with Gasteiger partial charge in [-0.1, -0.05) is 25.5 Å². The molecule has 0 saturated carbocycles. The lowest BCUT2D eigenvalue weighted by Gasteiger charge is -2.01. The Bertz CT molecular complexity index is 501. The third kappa shape index (κ3) is 1.25. The molecule has 1 aromatic heterocycles.